The summed E-state index contributed by atoms with van der Waals surface area (Å²) >= 11 is 3.08. The fourth-order valence-corrected chi connectivity index (χ4v) is 4.52. The molecule has 128 valence electrons. The van der Waals surface area contributed by atoms with Crippen LogP contribution in [0.25, 0.3) is 0 Å². The highest BCUT2D eigenvalue weighted by molar-refractivity contribution is 9.10. The predicted octanol–water partition coefficient (Wildman–Crippen LogP) is 1.99. The lowest BCUT2D eigenvalue weighted by Gasteiger charge is -2.18. The van der Waals surface area contributed by atoms with Crippen molar-refractivity contribution in [3.05, 3.63) is 45.9 Å². The number of aromatic carboxylic acids is 1. The van der Waals surface area contributed by atoms with Crippen molar-refractivity contribution in [1.29, 1.82) is 0 Å². The smallest absolute Gasteiger partial charge is 0.355 e. The van der Waals surface area contributed by atoms with Crippen LogP contribution in [0, 0.1) is 5.82 Å². The van der Waals surface area contributed by atoms with Gasteiger partial charge in [0.05, 0.1) is 16.2 Å². The zero-order chi connectivity index (χ0) is 17.7. The highest BCUT2D eigenvalue weighted by Crippen LogP contribution is 2.47. The van der Waals surface area contributed by atoms with Crippen LogP contribution in [-0.4, -0.2) is 29.3 Å². The molecule has 2 aromatic rings. The number of hydrogen-bond acceptors (Lipinski definition) is 4. The van der Waals surface area contributed by atoms with Crippen molar-refractivity contribution in [3.63, 3.8) is 0 Å². The Morgan fingerprint density at radius 3 is 2.67 bits per heavy atom. The molecule has 10 heteroatoms. The van der Waals surface area contributed by atoms with E-state index < -0.39 is 37.9 Å². The van der Waals surface area contributed by atoms with Gasteiger partial charge in [0.25, 0.3) is 0 Å². The maximum Gasteiger partial charge on any atom is 0.355 e. The van der Waals surface area contributed by atoms with Crippen LogP contribution >= 0.6 is 15.9 Å². The third-order valence-corrected chi connectivity index (χ3v) is 6.09. The predicted molar refractivity (Wildman–Crippen MR) is 85.5 cm³/mol. The van der Waals surface area contributed by atoms with E-state index in [1.54, 1.807) is 0 Å². The molecule has 1 heterocycles. The van der Waals surface area contributed by atoms with Gasteiger partial charge in [-0.25, -0.2) is 22.3 Å². The molecule has 0 bridgehead atoms. The van der Waals surface area contributed by atoms with Crippen LogP contribution in [0.2, 0.25) is 0 Å². The van der Waals surface area contributed by atoms with Gasteiger partial charge in [-0.15, -0.1) is 0 Å². The maximum absolute atomic E-state index is 13.4. The lowest BCUT2D eigenvalue weighted by atomic mass is 10.1. The fourth-order valence-electron chi connectivity index (χ4n) is 2.54. The number of carboxylic acids is 1. The number of aryl methyl sites for hydroxylation is 1. The van der Waals surface area contributed by atoms with Crippen LogP contribution in [0.5, 0.6) is 0 Å². The van der Waals surface area contributed by atoms with E-state index in [0.717, 1.165) is 10.9 Å². The van der Waals surface area contributed by atoms with Crippen molar-refractivity contribution in [2.75, 3.05) is 0 Å². The molecule has 0 saturated heterocycles. The van der Waals surface area contributed by atoms with Gasteiger partial charge < -0.3 is 5.11 Å². The lowest BCUT2D eigenvalue weighted by Crippen LogP contribution is -2.35. The molecule has 24 heavy (non-hydrogen) atoms. The van der Waals surface area contributed by atoms with E-state index in [1.807, 2.05) is 0 Å². The number of benzene rings is 1. The molecule has 0 radical (unpaired) electrons. The van der Waals surface area contributed by atoms with Gasteiger partial charge in [-0.1, -0.05) is 6.07 Å². The van der Waals surface area contributed by atoms with Gasteiger partial charge in [0.1, 0.15) is 10.7 Å². The topological polar surface area (TPSA) is 101 Å². The molecule has 1 aromatic heterocycles. The zero-order valence-electron chi connectivity index (χ0n) is 12.5. The number of rotatable bonds is 5. The minimum Gasteiger partial charge on any atom is -0.476 e. The van der Waals surface area contributed by atoms with Crippen molar-refractivity contribution in [3.8, 4) is 0 Å². The van der Waals surface area contributed by atoms with Gasteiger partial charge in [0.15, 0.2) is 5.69 Å². The summed E-state index contributed by atoms with van der Waals surface area (Å²) in [4.78, 5) is 10.9. The quantitative estimate of drug-likeness (QED) is 0.774. The van der Waals surface area contributed by atoms with Crippen molar-refractivity contribution in [1.82, 2.24) is 14.5 Å². The number of carbonyl (C=O) groups is 1. The number of carboxylic acid groups (broad SMARTS) is 1. The molecule has 1 aromatic carbocycles. The first-order valence-corrected chi connectivity index (χ1v) is 9.19. The second-order valence-electron chi connectivity index (χ2n) is 5.60. The Hall–Kier alpha value is -1.78. The van der Waals surface area contributed by atoms with E-state index in [1.165, 1.54) is 25.2 Å². The minimum absolute atomic E-state index is 0.234. The first-order chi connectivity index (χ1) is 11.2. The molecular weight excluding hydrogens is 405 g/mol. The number of nitrogens with zero attached hydrogens (tertiary/aromatic N) is 2. The molecule has 0 atom stereocenters. The monoisotopic (exact) mass is 417 g/mol. The van der Waals surface area contributed by atoms with Crippen molar-refractivity contribution >= 4 is 31.9 Å². The molecule has 0 unspecified atom stereocenters. The van der Waals surface area contributed by atoms with Crippen molar-refractivity contribution in [2.24, 2.45) is 7.05 Å². The van der Waals surface area contributed by atoms with E-state index in [0.29, 0.717) is 18.4 Å². The second kappa shape index (κ2) is 5.64. The Morgan fingerprint density at radius 1 is 1.46 bits per heavy atom. The number of halogens is 2. The molecular formula is C14H13BrFN3O4S. The number of aromatic nitrogens is 2. The molecule has 1 saturated carbocycles. The van der Waals surface area contributed by atoms with Gasteiger partial charge in [-0.2, -0.15) is 5.10 Å². The molecule has 1 aliphatic carbocycles. The van der Waals surface area contributed by atoms with Crippen molar-refractivity contribution in [2.45, 2.75) is 23.3 Å². The van der Waals surface area contributed by atoms with Gasteiger partial charge in [0.2, 0.25) is 10.0 Å². The Balaban J connectivity index is 1.98. The van der Waals surface area contributed by atoms with Gasteiger partial charge >= 0.3 is 5.97 Å². The Bertz CT molecular complexity index is 937. The molecule has 0 aliphatic heterocycles. The number of nitrogens with one attached hydrogen (secondary N) is 1. The Labute approximate surface area is 145 Å². The third-order valence-electron chi connectivity index (χ3n) is 3.95. The lowest BCUT2D eigenvalue weighted by molar-refractivity contribution is 0.0680. The normalized spacial score (nSPS) is 16.1. The summed E-state index contributed by atoms with van der Waals surface area (Å²) in [5.41, 5.74) is -0.667. The summed E-state index contributed by atoms with van der Waals surface area (Å²) in [6.07, 6.45) is 2.07. The summed E-state index contributed by atoms with van der Waals surface area (Å²) in [6, 6.07) is 4.28. The standard InChI is InChI=1S/C14H13BrFN3O4S/c1-19-12(13(20)21)11(7-17-19)24(22,23)18-14(4-5-14)8-2-3-10(16)9(15)6-8/h2-3,6-7,18H,4-5H2,1H3,(H,20,21). The largest absolute Gasteiger partial charge is 0.476 e. The average Bonchev–Trinajstić information content (AvgIpc) is 3.13. The van der Waals surface area contributed by atoms with E-state index in [4.69, 9.17) is 0 Å². The van der Waals surface area contributed by atoms with Crippen LogP contribution < -0.4 is 4.72 Å². The second-order valence-corrected chi connectivity index (χ2v) is 8.11. The molecule has 2 N–H and O–H groups in total. The highest BCUT2D eigenvalue weighted by Gasteiger charge is 2.48. The fraction of sp³-hybridized carbons (Fsp3) is 0.286. The molecule has 1 fully saturated rings. The van der Waals surface area contributed by atoms with Crippen LogP contribution in [0.1, 0.15) is 28.9 Å². The van der Waals surface area contributed by atoms with E-state index in [2.05, 4.69) is 25.8 Å². The van der Waals surface area contributed by atoms with Gasteiger partial charge in [-0.3, -0.25) is 4.68 Å². The van der Waals surface area contributed by atoms with Crippen LogP contribution in [0.4, 0.5) is 4.39 Å². The van der Waals surface area contributed by atoms with E-state index in [9.17, 15) is 22.7 Å². The summed E-state index contributed by atoms with van der Waals surface area (Å²) in [5.74, 6) is -1.83. The van der Waals surface area contributed by atoms with Crippen molar-refractivity contribution < 1.29 is 22.7 Å². The van der Waals surface area contributed by atoms with Crippen LogP contribution in [-0.2, 0) is 22.6 Å². The number of sulfonamides is 1. The first kappa shape index (κ1) is 17.1. The minimum atomic E-state index is -4.10. The summed E-state index contributed by atoms with van der Waals surface area (Å²) in [6.45, 7) is 0. The summed E-state index contributed by atoms with van der Waals surface area (Å²) in [5, 5.41) is 12.9. The summed E-state index contributed by atoms with van der Waals surface area (Å²) < 4.78 is 42.4. The first-order valence-electron chi connectivity index (χ1n) is 6.91. The third kappa shape index (κ3) is 2.85. The zero-order valence-corrected chi connectivity index (χ0v) is 14.9. The SMILES string of the molecule is Cn1ncc(S(=O)(=O)NC2(c3ccc(F)c(Br)c3)CC2)c1C(=O)O. The Morgan fingerprint density at radius 2 is 2.12 bits per heavy atom. The summed E-state index contributed by atoms with van der Waals surface area (Å²) in [7, 11) is -2.75. The molecule has 3 rings (SSSR count). The Kier molecular flexibility index (Phi) is 4.01. The molecule has 0 spiro atoms. The molecule has 7 nitrogen and oxygen atoms in total. The molecule has 1 aliphatic rings. The van der Waals surface area contributed by atoms with Gasteiger partial charge in [-0.05, 0) is 46.5 Å². The highest BCUT2D eigenvalue weighted by atomic mass is 79.9. The van der Waals surface area contributed by atoms with E-state index in [-0.39, 0.29) is 4.47 Å². The van der Waals surface area contributed by atoms with Gasteiger partial charge in [0, 0.05) is 7.05 Å². The van der Waals surface area contributed by atoms with Crippen LogP contribution in [0.15, 0.2) is 33.8 Å². The average molecular weight is 418 g/mol. The van der Waals surface area contributed by atoms with E-state index >= 15 is 0 Å². The maximum atomic E-state index is 13.4. The molecule has 0 amide bonds. The van der Waals surface area contributed by atoms with Crippen LogP contribution in [0.3, 0.4) is 0 Å². The number of hydrogen-bond donors (Lipinski definition) is 2.